The Labute approximate surface area is 186 Å². The van der Waals surface area contributed by atoms with E-state index in [9.17, 15) is 4.79 Å². The zero-order valence-corrected chi connectivity index (χ0v) is 19.3. The van der Waals surface area contributed by atoms with E-state index in [2.05, 4.69) is 78.1 Å². The maximum atomic E-state index is 13.9. The number of nitrogens with zero attached hydrogens (tertiary/aromatic N) is 3. The minimum Gasteiger partial charge on any atom is -0.329 e. The number of carbonyl (C=O) groups excluding carboxylic acids is 1. The summed E-state index contributed by atoms with van der Waals surface area (Å²) < 4.78 is 0. The fourth-order valence-electron chi connectivity index (χ4n) is 6.86. The van der Waals surface area contributed by atoms with Crippen LogP contribution in [0.15, 0.2) is 36.4 Å². The second kappa shape index (κ2) is 7.77. The van der Waals surface area contributed by atoms with Crippen molar-refractivity contribution in [3.63, 3.8) is 0 Å². The van der Waals surface area contributed by atoms with Crippen molar-refractivity contribution in [2.45, 2.75) is 89.4 Å². The highest BCUT2D eigenvalue weighted by atomic mass is 16.2. The summed E-state index contributed by atoms with van der Waals surface area (Å²) in [5.74, 6) is 0.458. The molecule has 0 unspecified atom stereocenters. The highest BCUT2D eigenvalue weighted by Crippen LogP contribution is 2.55. The Morgan fingerprint density at radius 3 is 2.58 bits per heavy atom. The topological polar surface area (TPSA) is 52.2 Å². The molecule has 1 aromatic carbocycles. The summed E-state index contributed by atoms with van der Waals surface area (Å²) in [5, 5.41) is 7.54. The Bertz CT molecular complexity index is 938. The van der Waals surface area contributed by atoms with Crippen molar-refractivity contribution in [3.8, 4) is 0 Å². The summed E-state index contributed by atoms with van der Waals surface area (Å²) in [6, 6.07) is 14.2. The van der Waals surface area contributed by atoms with E-state index in [1.54, 1.807) is 0 Å². The van der Waals surface area contributed by atoms with Gasteiger partial charge in [-0.3, -0.25) is 14.8 Å². The van der Waals surface area contributed by atoms with E-state index in [-0.39, 0.29) is 17.4 Å². The third-order valence-corrected chi connectivity index (χ3v) is 8.49. The smallest absolute Gasteiger partial charge is 0.274 e. The SMILES string of the molecule is CC(C)c1cc(C(=O)N2[C@H]3CCCC[C@H]4N(C)[C@@H](Cc5ccccc5)[C@@H]2C[C@@]34C)n[nH]1. The van der Waals surface area contributed by atoms with Crippen molar-refractivity contribution in [1.29, 1.82) is 0 Å². The lowest BCUT2D eigenvalue weighted by Gasteiger charge is -2.49. The molecule has 3 heterocycles. The number of amides is 1. The maximum absolute atomic E-state index is 13.9. The van der Waals surface area contributed by atoms with Gasteiger partial charge >= 0.3 is 0 Å². The molecule has 1 aliphatic carbocycles. The first-order valence-corrected chi connectivity index (χ1v) is 12.0. The van der Waals surface area contributed by atoms with Crippen LogP contribution in [0.5, 0.6) is 0 Å². The monoisotopic (exact) mass is 420 g/mol. The Balaban J connectivity index is 1.54. The van der Waals surface area contributed by atoms with E-state index in [0.29, 0.717) is 29.7 Å². The first kappa shape index (κ1) is 20.7. The largest absolute Gasteiger partial charge is 0.329 e. The average molecular weight is 421 g/mol. The normalized spacial score (nSPS) is 33.0. The number of aromatic amines is 1. The summed E-state index contributed by atoms with van der Waals surface area (Å²) in [6.07, 6.45) is 6.92. The first-order valence-electron chi connectivity index (χ1n) is 12.0. The fourth-order valence-corrected chi connectivity index (χ4v) is 6.86. The zero-order valence-electron chi connectivity index (χ0n) is 19.3. The number of nitrogens with one attached hydrogen (secondary N) is 1. The van der Waals surface area contributed by atoms with Crippen LogP contribution in [0.3, 0.4) is 0 Å². The van der Waals surface area contributed by atoms with Crippen molar-refractivity contribution >= 4 is 5.91 Å². The van der Waals surface area contributed by atoms with Crippen molar-refractivity contribution in [1.82, 2.24) is 20.0 Å². The van der Waals surface area contributed by atoms with Crippen LogP contribution >= 0.6 is 0 Å². The van der Waals surface area contributed by atoms with Gasteiger partial charge in [-0.1, -0.05) is 63.9 Å². The van der Waals surface area contributed by atoms with Crippen molar-refractivity contribution in [2.75, 3.05) is 7.05 Å². The predicted octanol–water partition coefficient (Wildman–Crippen LogP) is 4.62. The maximum Gasteiger partial charge on any atom is 0.274 e. The summed E-state index contributed by atoms with van der Waals surface area (Å²) >= 11 is 0. The fraction of sp³-hybridized carbons (Fsp3) is 0.615. The minimum absolute atomic E-state index is 0.121. The number of piperidine rings is 1. The Hall–Kier alpha value is -2.14. The third kappa shape index (κ3) is 3.32. The number of fused-ring (bicyclic) bond motifs is 1. The van der Waals surface area contributed by atoms with Gasteiger partial charge in [0.1, 0.15) is 5.69 Å². The van der Waals surface area contributed by atoms with Gasteiger partial charge in [0.05, 0.1) is 0 Å². The number of H-pyrrole nitrogens is 1. The van der Waals surface area contributed by atoms with Crippen LogP contribution in [0.4, 0.5) is 0 Å². The highest BCUT2D eigenvalue weighted by Gasteiger charge is 2.62. The molecular weight excluding hydrogens is 384 g/mol. The number of likely N-dealkylation sites (tertiary alicyclic amines) is 2. The molecule has 3 aliphatic rings. The quantitative estimate of drug-likeness (QED) is 0.785. The lowest BCUT2D eigenvalue weighted by Crippen LogP contribution is -2.58. The van der Waals surface area contributed by atoms with Crippen LogP contribution in [0.25, 0.3) is 0 Å². The highest BCUT2D eigenvalue weighted by molar-refractivity contribution is 5.93. The Morgan fingerprint density at radius 1 is 1.19 bits per heavy atom. The van der Waals surface area contributed by atoms with Crippen LogP contribution in [-0.4, -0.2) is 57.1 Å². The molecule has 5 nitrogen and oxygen atoms in total. The standard InChI is InChI=1S/C26H36N4O/c1-17(2)19-15-20(28-27-19)25(31)30-22-16-26(3)23(12-8-9-13-24(26)30)29(4)21(22)14-18-10-6-5-7-11-18/h5-7,10-11,15,17,21-24H,8-9,12-14,16H2,1-4H3,(H,27,28)/t21-,22-,23+,24-,26+/m0/s1. The first-order chi connectivity index (χ1) is 14.9. The van der Waals surface area contributed by atoms with Crippen LogP contribution < -0.4 is 0 Å². The third-order valence-electron chi connectivity index (χ3n) is 8.49. The van der Waals surface area contributed by atoms with Crippen molar-refractivity contribution < 1.29 is 4.79 Å². The van der Waals surface area contributed by atoms with Gasteiger partial charge in [0.2, 0.25) is 0 Å². The van der Waals surface area contributed by atoms with Crippen LogP contribution in [0.1, 0.15) is 80.5 Å². The molecule has 1 N–H and O–H groups in total. The number of hydrogen-bond acceptors (Lipinski definition) is 3. The van der Waals surface area contributed by atoms with E-state index in [0.717, 1.165) is 25.0 Å². The summed E-state index contributed by atoms with van der Waals surface area (Å²) in [5.41, 5.74) is 3.14. The molecule has 2 bridgehead atoms. The molecule has 5 atom stereocenters. The van der Waals surface area contributed by atoms with Gasteiger partial charge in [-0.15, -0.1) is 0 Å². The molecule has 2 aromatic rings. The molecule has 3 fully saturated rings. The van der Waals surface area contributed by atoms with Gasteiger partial charge in [0.25, 0.3) is 5.91 Å². The molecule has 2 aliphatic heterocycles. The molecular formula is C26H36N4O. The summed E-state index contributed by atoms with van der Waals surface area (Å²) in [7, 11) is 2.31. The zero-order chi connectivity index (χ0) is 21.8. The number of likely N-dealkylation sites (N-methyl/N-ethyl adjacent to an activating group) is 1. The van der Waals surface area contributed by atoms with E-state index >= 15 is 0 Å². The second-order valence-electron chi connectivity index (χ2n) is 10.6. The molecule has 0 radical (unpaired) electrons. The van der Waals surface area contributed by atoms with Crippen LogP contribution in [0.2, 0.25) is 0 Å². The average Bonchev–Trinajstić information content (AvgIpc) is 3.30. The van der Waals surface area contributed by atoms with Gasteiger partial charge in [-0.2, -0.15) is 5.10 Å². The minimum atomic E-state index is 0.121. The number of benzene rings is 1. The Morgan fingerprint density at radius 2 is 1.90 bits per heavy atom. The van der Waals surface area contributed by atoms with Crippen LogP contribution in [0, 0.1) is 5.41 Å². The van der Waals surface area contributed by atoms with E-state index in [1.165, 1.54) is 24.8 Å². The van der Waals surface area contributed by atoms with E-state index in [4.69, 9.17) is 0 Å². The molecule has 166 valence electrons. The van der Waals surface area contributed by atoms with Gasteiger partial charge in [0, 0.05) is 35.3 Å². The predicted molar refractivity (Wildman–Crippen MR) is 123 cm³/mol. The number of hydrogen-bond donors (Lipinski definition) is 1. The lowest BCUT2D eigenvalue weighted by molar-refractivity contribution is 0.0155. The number of rotatable bonds is 4. The van der Waals surface area contributed by atoms with Gasteiger partial charge in [-0.25, -0.2) is 0 Å². The molecule has 1 aromatic heterocycles. The van der Waals surface area contributed by atoms with Crippen molar-refractivity contribution in [3.05, 3.63) is 53.3 Å². The molecule has 0 spiro atoms. The number of aromatic nitrogens is 2. The van der Waals surface area contributed by atoms with Gasteiger partial charge in [-0.05, 0) is 50.3 Å². The van der Waals surface area contributed by atoms with Crippen molar-refractivity contribution in [2.24, 2.45) is 5.41 Å². The summed E-state index contributed by atoms with van der Waals surface area (Å²) in [4.78, 5) is 18.8. The molecule has 31 heavy (non-hydrogen) atoms. The Kier molecular flexibility index (Phi) is 5.20. The molecule has 1 amide bonds. The molecule has 5 heteroatoms. The second-order valence-corrected chi connectivity index (χ2v) is 10.6. The summed E-state index contributed by atoms with van der Waals surface area (Å²) in [6.45, 7) is 6.71. The van der Waals surface area contributed by atoms with Crippen LogP contribution in [-0.2, 0) is 6.42 Å². The molecule has 1 saturated carbocycles. The number of carbonyl (C=O) groups is 1. The lowest BCUT2D eigenvalue weighted by atomic mass is 9.69. The van der Waals surface area contributed by atoms with E-state index < -0.39 is 0 Å². The van der Waals surface area contributed by atoms with E-state index in [1.807, 2.05) is 6.07 Å². The van der Waals surface area contributed by atoms with Gasteiger partial charge in [0.15, 0.2) is 0 Å². The molecule has 5 rings (SSSR count). The van der Waals surface area contributed by atoms with Gasteiger partial charge < -0.3 is 4.90 Å². The molecule has 2 saturated heterocycles.